The minimum atomic E-state index is 0.0636. The number of nitrogens with one attached hydrogen (secondary N) is 1. The molecule has 0 saturated carbocycles. The minimum Gasteiger partial charge on any atom is -0.343 e. The molecule has 0 bridgehead atoms. The van der Waals surface area contributed by atoms with Crippen LogP contribution in [0.5, 0.6) is 0 Å². The van der Waals surface area contributed by atoms with Crippen LogP contribution in [0.2, 0.25) is 0 Å². The van der Waals surface area contributed by atoms with Crippen molar-refractivity contribution < 1.29 is 4.79 Å². The van der Waals surface area contributed by atoms with Gasteiger partial charge in [0.2, 0.25) is 6.41 Å². The lowest BCUT2D eigenvalue weighted by Crippen LogP contribution is -2.17. The van der Waals surface area contributed by atoms with Crippen LogP contribution in [0.1, 0.15) is 24.8 Å². The van der Waals surface area contributed by atoms with E-state index in [2.05, 4.69) is 19.2 Å². The SMILES string of the molecule is CC(C)SC(NC=O)c1ccccc1. The quantitative estimate of drug-likeness (QED) is 0.596. The number of rotatable bonds is 5. The van der Waals surface area contributed by atoms with Gasteiger partial charge in [0.15, 0.2) is 0 Å². The minimum absolute atomic E-state index is 0.0636. The Morgan fingerprint density at radius 1 is 1.29 bits per heavy atom. The number of hydrogen-bond acceptors (Lipinski definition) is 2. The van der Waals surface area contributed by atoms with Gasteiger partial charge in [-0.2, -0.15) is 0 Å². The Bertz CT molecular complexity index is 274. The molecule has 0 aliphatic carbocycles. The Morgan fingerprint density at radius 2 is 1.93 bits per heavy atom. The Labute approximate surface area is 89.1 Å². The molecule has 0 aliphatic heterocycles. The molecular weight excluding hydrogens is 194 g/mol. The van der Waals surface area contributed by atoms with Crippen LogP contribution in [-0.4, -0.2) is 11.7 Å². The van der Waals surface area contributed by atoms with E-state index in [0.717, 1.165) is 12.0 Å². The molecule has 0 fully saturated rings. The highest BCUT2D eigenvalue weighted by atomic mass is 32.2. The third-order valence-electron chi connectivity index (χ3n) is 1.73. The van der Waals surface area contributed by atoms with Crippen LogP contribution >= 0.6 is 11.8 Å². The van der Waals surface area contributed by atoms with Crippen molar-refractivity contribution in [3.8, 4) is 0 Å². The summed E-state index contributed by atoms with van der Waals surface area (Å²) >= 11 is 1.73. The second-order valence-corrected chi connectivity index (χ2v) is 4.95. The molecule has 1 aromatic rings. The normalized spacial score (nSPS) is 12.5. The summed E-state index contributed by atoms with van der Waals surface area (Å²) in [5, 5.41) is 3.37. The van der Waals surface area contributed by atoms with Crippen LogP contribution in [0.15, 0.2) is 30.3 Å². The first kappa shape index (κ1) is 11.1. The Balaban J connectivity index is 2.72. The van der Waals surface area contributed by atoms with Gasteiger partial charge in [0.25, 0.3) is 0 Å². The zero-order valence-electron chi connectivity index (χ0n) is 8.44. The van der Waals surface area contributed by atoms with Gasteiger partial charge in [-0.25, -0.2) is 0 Å². The van der Waals surface area contributed by atoms with Crippen molar-refractivity contribution in [2.45, 2.75) is 24.5 Å². The van der Waals surface area contributed by atoms with Crippen LogP contribution in [0, 0.1) is 0 Å². The average molecular weight is 209 g/mol. The number of carbonyl (C=O) groups excluding carboxylic acids is 1. The van der Waals surface area contributed by atoms with Gasteiger partial charge in [-0.1, -0.05) is 44.2 Å². The van der Waals surface area contributed by atoms with Gasteiger partial charge in [-0.05, 0) is 5.56 Å². The largest absolute Gasteiger partial charge is 0.343 e. The van der Waals surface area contributed by atoms with Crippen molar-refractivity contribution in [3.63, 3.8) is 0 Å². The fourth-order valence-corrected chi connectivity index (χ4v) is 2.17. The molecule has 0 saturated heterocycles. The van der Waals surface area contributed by atoms with Crippen LogP contribution in [-0.2, 0) is 4.79 Å². The summed E-state index contributed by atoms with van der Waals surface area (Å²) in [6, 6.07) is 9.99. The van der Waals surface area contributed by atoms with E-state index < -0.39 is 0 Å². The van der Waals surface area contributed by atoms with Crippen molar-refractivity contribution >= 4 is 18.2 Å². The average Bonchev–Trinajstić information content (AvgIpc) is 2.18. The van der Waals surface area contributed by atoms with E-state index in [4.69, 9.17) is 0 Å². The zero-order chi connectivity index (χ0) is 10.4. The number of carbonyl (C=O) groups is 1. The van der Waals surface area contributed by atoms with Gasteiger partial charge in [-0.15, -0.1) is 11.8 Å². The predicted molar refractivity (Wildman–Crippen MR) is 61.1 cm³/mol. The second kappa shape index (κ2) is 5.70. The van der Waals surface area contributed by atoms with E-state index in [1.807, 2.05) is 30.3 Å². The zero-order valence-corrected chi connectivity index (χ0v) is 9.25. The first-order valence-electron chi connectivity index (χ1n) is 4.64. The molecule has 0 spiro atoms. The topological polar surface area (TPSA) is 29.1 Å². The summed E-state index contributed by atoms with van der Waals surface area (Å²) in [5.41, 5.74) is 1.14. The number of hydrogen-bond donors (Lipinski definition) is 1. The maximum atomic E-state index is 10.4. The first-order valence-corrected chi connectivity index (χ1v) is 5.58. The molecule has 3 heteroatoms. The van der Waals surface area contributed by atoms with Gasteiger partial charge in [0.05, 0.1) is 0 Å². The Morgan fingerprint density at radius 3 is 2.43 bits per heavy atom. The van der Waals surface area contributed by atoms with Gasteiger partial charge in [0, 0.05) is 5.25 Å². The third kappa shape index (κ3) is 3.42. The van der Waals surface area contributed by atoms with Gasteiger partial charge >= 0.3 is 0 Å². The molecule has 0 aliphatic rings. The molecule has 76 valence electrons. The van der Waals surface area contributed by atoms with Crippen molar-refractivity contribution in [2.24, 2.45) is 0 Å². The van der Waals surface area contributed by atoms with E-state index >= 15 is 0 Å². The van der Waals surface area contributed by atoms with E-state index in [9.17, 15) is 4.79 Å². The van der Waals surface area contributed by atoms with Crippen molar-refractivity contribution in [2.75, 3.05) is 0 Å². The molecule has 1 N–H and O–H groups in total. The summed E-state index contributed by atoms with van der Waals surface area (Å²) in [6.07, 6.45) is 0.757. The Kier molecular flexibility index (Phi) is 4.53. The van der Waals surface area contributed by atoms with Gasteiger partial charge in [-0.3, -0.25) is 4.79 Å². The standard InChI is InChI=1S/C11H15NOS/c1-9(2)14-11(12-8-13)10-6-4-3-5-7-10/h3-9,11H,1-2H3,(H,12,13). The second-order valence-electron chi connectivity index (χ2n) is 3.26. The Hall–Kier alpha value is -0.960. The van der Waals surface area contributed by atoms with Gasteiger partial charge < -0.3 is 5.32 Å². The summed E-state index contributed by atoms with van der Waals surface area (Å²) in [4.78, 5) is 10.4. The molecule has 1 rings (SSSR count). The molecular formula is C11H15NOS. The number of benzene rings is 1. The number of thioether (sulfide) groups is 1. The van der Waals surface area contributed by atoms with E-state index in [-0.39, 0.29) is 5.37 Å². The molecule has 1 atom stereocenters. The molecule has 2 nitrogen and oxygen atoms in total. The lowest BCUT2D eigenvalue weighted by Gasteiger charge is -2.17. The lowest BCUT2D eigenvalue weighted by molar-refractivity contribution is -0.109. The van der Waals surface area contributed by atoms with Gasteiger partial charge in [0.1, 0.15) is 5.37 Å². The molecule has 1 unspecified atom stereocenters. The third-order valence-corrected chi connectivity index (χ3v) is 2.95. The molecule has 14 heavy (non-hydrogen) atoms. The summed E-state index contributed by atoms with van der Waals surface area (Å²) in [7, 11) is 0. The summed E-state index contributed by atoms with van der Waals surface area (Å²) < 4.78 is 0. The van der Waals surface area contributed by atoms with E-state index in [0.29, 0.717) is 5.25 Å². The van der Waals surface area contributed by atoms with E-state index in [1.54, 1.807) is 11.8 Å². The first-order chi connectivity index (χ1) is 6.74. The highest BCUT2D eigenvalue weighted by molar-refractivity contribution is 8.00. The summed E-state index contributed by atoms with van der Waals surface area (Å²) in [5.74, 6) is 0. The maximum absolute atomic E-state index is 10.4. The fourth-order valence-electron chi connectivity index (χ4n) is 1.18. The van der Waals surface area contributed by atoms with Crippen molar-refractivity contribution in [1.82, 2.24) is 5.32 Å². The van der Waals surface area contributed by atoms with Crippen LogP contribution in [0.4, 0.5) is 0 Å². The highest BCUT2D eigenvalue weighted by Gasteiger charge is 2.11. The fraction of sp³-hybridized carbons (Fsp3) is 0.364. The maximum Gasteiger partial charge on any atom is 0.208 e. The van der Waals surface area contributed by atoms with Crippen LogP contribution < -0.4 is 5.32 Å². The summed E-state index contributed by atoms with van der Waals surface area (Å²) in [6.45, 7) is 4.24. The molecule has 1 amide bonds. The van der Waals surface area contributed by atoms with Crippen LogP contribution in [0.25, 0.3) is 0 Å². The van der Waals surface area contributed by atoms with Crippen molar-refractivity contribution in [3.05, 3.63) is 35.9 Å². The number of amides is 1. The monoisotopic (exact) mass is 209 g/mol. The van der Waals surface area contributed by atoms with Crippen molar-refractivity contribution in [1.29, 1.82) is 0 Å². The molecule has 0 radical (unpaired) electrons. The predicted octanol–water partition coefficient (Wildman–Crippen LogP) is 2.57. The van der Waals surface area contributed by atoms with E-state index in [1.165, 1.54) is 0 Å². The van der Waals surface area contributed by atoms with Crippen LogP contribution in [0.3, 0.4) is 0 Å². The molecule has 1 aromatic carbocycles. The molecule has 0 heterocycles. The highest BCUT2D eigenvalue weighted by Crippen LogP contribution is 2.28. The lowest BCUT2D eigenvalue weighted by atomic mass is 10.2. The molecule has 0 aromatic heterocycles. The smallest absolute Gasteiger partial charge is 0.208 e.